The molecular weight excluding hydrogens is 256 g/mol. The third kappa shape index (κ3) is 2.42. The predicted molar refractivity (Wildman–Crippen MR) is 73.5 cm³/mol. The molecular formula is C15H14N2O3. The first-order valence-electron chi connectivity index (χ1n) is 6.40. The van der Waals surface area contributed by atoms with Crippen molar-refractivity contribution >= 4 is 16.9 Å². The number of carbonyl (C=O) groups excluding carboxylic acids is 1. The van der Waals surface area contributed by atoms with Crippen LogP contribution in [-0.4, -0.2) is 17.6 Å². The highest BCUT2D eigenvalue weighted by Gasteiger charge is 2.11. The summed E-state index contributed by atoms with van der Waals surface area (Å²) in [4.78, 5) is 11.8. The van der Waals surface area contributed by atoms with E-state index in [1.807, 2.05) is 24.3 Å². The summed E-state index contributed by atoms with van der Waals surface area (Å²) in [6.45, 7) is 2.27. The first-order chi connectivity index (χ1) is 9.74. The number of fused-ring (bicyclic) bond motifs is 1. The average Bonchev–Trinajstić information content (AvgIpc) is 3.06. The number of nitrogens with zero attached hydrogens (tertiary/aromatic N) is 1. The van der Waals surface area contributed by atoms with Crippen molar-refractivity contribution in [1.82, 2.24) is 10.5 Å². The summed E-state index contributed by atoms with van der Waals surface area (Å²) in [6, 6.07) is 9.46. The maximum absolute atomic E-state index is 11.8. The molecule has 0 saturated carbocycles. The lowest BCUT2D eigenvalue weighted by atomic mass is 10.1. The number of benzene rings is 1. The van der Waals surface area contributed by atoms with Gasteiger partial charge < -0.3 is 14.3 Å². The van der Waals surface area contributed by atoms with Crippen molar-refractivity contribution in [2.75, 3.05) is 6.54 Å². The van der Waals surface area contributed by atoms with Crippen LogP contribution >= 0.6 is 0 Å². The lowest BCUT2D eigenvalue weighted by Gasteiger charge is -2.01. The number of aromatic nitrogens is 1. The number of rotatable bonds is 4. The first-order valence-corrected chi connectivity index (χ1v) is 6.40. The number of nitrogens with one attached hydrogen (secondary N) is 1. The van der Waals surface area contributed by atoms with Crippen molar-refractivity contribution in [2.45, 2.75) is 13.3 Å². The zero-order valence-electron chi connectivity index (χ0n) is 11.1. The Morgan fingerprint density at radius 1 is 1.35 bits per heavy atom. The molecule has 20 heavy (non-hydrogen) atoms. The van der Waals surface area contributed by atoms with Crippen LogP contribution < -0.4 is 5.32 Å². The van der Waals surface area contributed by atoms with Crippen LogP contribution in [0.5, 0.6) is 0 Å². The smallest absolute Gasteiger partial charge is 0.273 e. The van der Waals surface area contributed by atoms with Crippen LogP contribution in [0.15, 0.2) is 45.5 Å². The molecule has 2 heterocycles. The zero-order valence-corrected chi connectivity index (χ0v) is 11.1. The van der Waals surface area contributed by atoms with Crippen LogP contribution in [0.2, 0.25) is 0 Å². The van der Waals surface area contributed by atoms with Gasteiger partial charge in [0, 0.05) is 18.0 Å². The van der Waals surface area contributed by atoms with Crippen LogP contribution in [0.4, 0.5) is 0 Å². The molecule has 5 nitrogen and oxygen atoms in total. The lowest BCUT2D eigenvalue weighted by Crippen LogP contribution is -2.25. The van der Waals surface area contributed by atoms with Gasteiger partial charge in [-0.1, -0.05) is 23.4 Å². The number of hydrogen-bond acceptors (Lipinski definition) is 4. The van der Waals surface area contributed by atoms with Crippen molar-refractivity contribution in [2.24, 2.45) is 0 Å². The Hall–Kier alpha value is -2.56. The van der Waals surface area contributed by atoms with Crippen molar-refractivity contribution in [3.05, 3.63) is 53.6 Å². The van der Waals surface area contributed by atoms with E-state index in [2.05, 4.69) is 10.5 Å². The van der Waals surface area contributed by atoms with Crippen molar-refractivity contribution in [3.8, 4) is 0 Å². The molecule has 1 amide bonds. The SMILES string of the molecule is Cc1cc(C(=O)NCCc2coc3ccccc23)no1. The average molecular weight is 270 g/mol. The Bertz CT molecular complexity index is 742. The lowest BCUT2D eigenvalue weighted by molar-refractivity contribution is 0.0945. The van der Waals surface area contributed by atoms with Crippen LogP contribution in [0.1, 0.15) is 21.8 Å². The summed E-state index contributed by atoms with van der Waals surface area (Å²) in [5, 5.41) is 7.57. The van der Waals surface area contributed by atoms with Crippen LogP contribution in [-0.2, 0) is 6.42 Å². The third-order valence-corrected chi connectivity index (χ3v) is 3.10. The van der Waals surface area contributed by atoms with Crippen LogP contribution in [0.3, 0.4) is 0 Å². The molecule has 0 bridgehead atoms. The van der Waals surface area contributed by atoms with Crippen molar-refractivity contribution in [3.63, 3.8) is 0 Å². The molecule has 0 radical (unpaired) electrons. The molecule has 3 rings (SSSR count). The Labute approximate surface area is 115 Å². The van der Waals surface area contributed by atoms with Gasteiger partial charge in [-0.2, -0.15) is 0 Å². The molecule has 2 aromatic heterocycles. The number of carbonyl (C=O) groups is 1. The topological polar surface area (TPSA) is 68.3 Å². The Balaban J connectivity index is 1.61. The van der Waals surface area contributed by atoms with Gasteiger partial charge >= 0.3 is 0 Å². The van der Waals surface area contributed by atoms with Gasteiger partial charge in [0.1, 0.15) is 11.3 Å². The number of amides is 1. The molecule has 1 N–H and O–H groups in total. The third-order valence-electron chi connectivity index (χ3n) is 3.10. The summed E-state index contributed by atoms with van der Waals surface area (Å²) in [6.07, 6.45) is 2.44. The molecule has 0 spiro atoms. The monoisotopic (exact) mass is 270 g/mol. The van der Waals surface area contributed by atoms with E-state index >= 15 is 0 Å². The molecule has 0 saturated heterocycles. The summed E-state index contributed by atoms with van der Waals surface area (Å²) in [5.41, 5.74) is 2.25. The number of para-hydroxylation sites is 1. The second-order valence-electron chi connectivity index (χ2n) is 4.59. The summed E-state index contributed by atoms with van der Waals surface area (Å²) in [7, 11) is 0. The standard InChI is InChI=1S/C15H14N2O3/c1-10-8-13(17-20-10)15(18)16-7-6-11-9-19-14-5-3-2-4-12(11)14/h2-5,8-9H,6-7H2,1H3,(H,16,18). The normalized spacial score (nSPS) is 10.8. The van der Waals surface area contributed by atoms with E-state index in [9.17, 15) is 4.79 Å². The minimum Gasteiger partial charge on any atom is -0.464 e. The van der Waals surface area contributed by atoms with E-state index in [1.54, 1.807) is 19.3 Å². The summed E-state index contributed by atoms with van der Waals surface area (Å²) in [5.74, 6) is 0.394. The summed E-state index contributed by atoms with van der Waals surface area (Å²) < 4.78 is 10.3. The molecule has 0 aliphatic rings. The molecule has 1 aromatic carbocycles. The first kappa shape index (κ1) is 12.5. The minimum absolute atomic E-state index is 0.227. The number of hydrogen-bond donors (Lipinski definition) is 1. The van der Waals surface area contributed by atoms with E-state index in [1.165, 1.54) is 0 Å². The van der Waals surface area contributed by atoms with E-state index < -0.39 is 0 Å². The minimum atomic E-state index is -0.227. The molecule has 0 unspecified atom stereocenters. The van der Waals surface area contributed by atoms with Gasteiger partial charge in [0.25, 0.3) is 5.91 Å². The van der Waals surface area contributed by atoms with Gasteiger partial charge in [-0.3, -0.25) is 4.79 Å². The van der Waals surface area contributed by atoms with Gasteiger partial charge in [-0.05, 0) is 25.0 Å². The highest BCUT2D eigenvalue weighted by atomic mass is 16.5. The quantitative estimate of drug-likeness (QED) is 0.791. The Kier molecular flexibility index (Phi) is 3.25. The van der Waals surface area contributed by atoms with Crippen molar-refractivity contribution in [1.29, 1.82) is 0 Å². The fourth-order valence-corrected chi connectivity index (χ4v) is 2.10. The predicted octanol–water partition coefficient (Wildman–Crippen LogP) is 2.70. The molecule has 0 fully saturated rings. The summed E-state index contributed by atoms with van der Waals surface area (Å²) >= 11 is 0. The molecule has 0 aliphatic heterocycles. The zero-order chi connectivity index (χ0) is 13.9. The van der Waals surface area contributed by atoms with Gasteiger partial charge in [-0.25, -0.2) is 0 Å². The van der Waals surface area contributed by atoms with Gasteiger partial charge in [0.05, 0.1) is 6.26 Å². The fourth-order valence-electron chi connectivity index (χ4n) is 2.10. The fraction of sp³-hybridized carbons (Fsp3) is 0.200. The largest absolute Gasteiger partial charge is 0.464 e. The molecule has 0 atom stereocenters. The highest BCUT2D eigenvalue weighted by Crippen LogP contribution is 2.20. The number of furan rings is 1. The van der Waals surface area contributed by atoms with E-state index in [-0.39, 0.29) is 5.91 Å². The maximum Gasteiger partial charge on any atom is 0.273 e. The Morgan fingerprint density at radius 3 is 3.00 bits per heavy atom. The maximum atomic E-state index is 11.8. The van der Waals surface area contributed by atoms with Crippen molar-refractivity contribution < 1.29 is 13.7 Å². The van der Waals surface area contributed by atoms with Gasteiger partial charge in [-0.15, -0.1) is 0 Å². The van der Waals surface area contributed by atoms with Crippen LogP contribution in [0.25, 0.3) is 11.0 Å². The number of aryl methyl sites for hydroxylation is 1. The Morgan fingerprint density at radius 2 is 2.20 bits per heavy atom. The highest BCUT2D eigenvalue weighted by molar-refractivity contribution is 5.92. The van der Waals surface area contributed by atoms with Crippen LogP contribution in [0, 0.1) is 6.92 Å². The second kappa shape index (κ2) is 5.21. The van der Waals surface area contributed by atoms with E-state index in [4.69, 9.17) is 8.94 Å². The molecule has 3 aromatic rings. The molecule has 5 heteroatoms. The van der Waals surface area contributed by atoms with Gasteiger partial charge in [0.2, 0.25) is 0 Å². The van der Waals surface area contributed by atoms with E-state index in [0.29, 0.717) is 24.4 Å². The second-order valence-corrected chi connectivity index (χ2v) is 4.59. The molecule has 0 aliphatic carbocycles. The van der Waals surface area contributed by atoms with E-state index in [0.717, 1.165) is 16.5 Å². The van der Waals surface area contributed by atoms with Gasteiger partial charge in [0.15, 0.2) is 5.69 Å². The molecule has 102 valence electrons.